The van der Waals surface area contributed by atoms with E-state index in [1.54, 1.807) is 67.7 Å². The summed E-state index contributed by atoms with van der Waals surface area (Å²) in [7, 11) is 1.56. The van der Waals surface area contributed by atoms with Crippen LogP contribution in [-0.2, 0) is 16.9 Å². The smallest absolute Gasteiger partial charge is 0.256 e. The highest BCUT2D eigenvalue weighted by atomic mass is 35.5. The van der Waals surface area contributed by atoms with Gasteiger partial charge in [-0.25, -0.2) is 0 Å². The van der Waals surface area contributed by atoms with Crippen LogP contribution in [0.1, 0.15) is 46.0 Å². The van der Waals surface area contributed by atoms with Crippen molar-refractivity contribution in [3.8, 4) is 0 Å². The molecular weight excluding hydrogens is 497 g/mol. The highest BCUT2D eigenvalue weighted by Crippen LogP contribution is 2.38. The number of aliphatic hydroxyl groups is 1. The topological polar surface area (TPSA) is 75.6 Å². The van der Waals surface area contributed by atoms with Crippen LogP contribution in [0.2, 0.25) is 10.0 Å². The lowest BCUT2D eigenvalue weighted by atomic mass is 9.89. The minimum Gasteiger partial charge on any atom is -0.379 e. The first kappa shape index (κ1) is 25.8. The van der Waals surface area contributed by atoms with Gasteiger partial charge in [0.05, 0.1) is 23.0 Å². The normalized spacial score (nSPS) is 16.1. The maximum Gasteiger partial charge on any atom is 0.256 e. The van der Waals surface area contributed by atoms with Crippen molar-refractivity contribution in [3.05, 3.63) is 129 Å². The molecule has 0 bridgehead atoms. The number of methoxy groups -OCH3 is 1. The van der Waals surface area contributed by atoms with Crippen molar-refractivity contribution in [2.45, 2.75) is 25.3 Å². The van der Waals surface area contributed by atoms with Gasteiger partial charge in [-0.15, -0.1) is 0 Å². The number of halogens is 2. The zero-order valence-corrected chi connectivity index (χ0v) is 21.3. The Labute approximate surface area is 220 Å². The highest BCUT2D eigenvalue weighted by Gasteiger charge is 2.39. The molecule has 184 valence electrons. The van der Waals surface area contributed by atoms with Crippen molar-refractivity contribution in [2.24, 2.45) is 0 Å². The summed E-state index contributed by atoms with van der Waals surface area (Å²) < 4.78 is 5.60. The maximum absolute atomic E-state index is 13.1. The van der Waals surface area contributed by atoms with Gasteiger partial charge in [-0.3, -0.25) is 14.8 Å². The van der Waals surface area contributed by atoms with Gasteiger partial charge in [0, 0.05) is 35.7 Å². The van der Waals surface area contributed by atoms with Crippen molar-refractivity contribution < 1.29 is 14.6 Å². The van der Waals surface area contributed by atoms with Crippen LogP contribution in [0.3, 0.4) is 0 Å². The second-order valence-electron chi connectivity index (χ2n) is 8.37. The van der Waals surface area contributed by atoms with Crippen molar-refractivity contribution in [3.63, 3.8) is 0 Å². The number of nitrogens with zero attached hydrogens (tertiary/aromatic N) is 3. The summed E-state index contributed by atoms with van der Waals surface area (Å²) in [5.74, 6) is -0.178. The van der Waals surface area contributed by atoms with Crippen LogP contribution in [-0.4, -0.2) is 33.0 Å². The van der Waals surface area contributed by atoms with Gasteiger partial charge in [-0.05, 0) is 55.0 Å². The van der Waals surface area contributed by atoms with Crippen LogP contribution in [0, 0.1) is 0 Å². The molecule has 2 aromatic heterocycles. The third kappa shape index (κ3) is 5.58. The molecule has 8 heteroatoms. The molecule has 1 N–H and O–H groups in total. The molecule has 1 amide bonds. The third-order valence-corrected chi connectivity index (χ3v) is 6.37. The molecule has 0 saturated heterocycles. The molecular formula is C28H25Cl2N3O3. The lowest BCUT2D eigenvalue weighted by Gasteiger charge is -2.24. The molecule has 3 heterocycles. The summed E-state index contributed by atoms with van der Waals surface area (Å²) in [5.41, 5.74) is 1.73. The van der Waals surface area contributed by atoms with Gasteiger partial charge in [0.15, 0.2) is 6.23 Å². The summed E-state index contributed by atoms with van der Waals surface area (Å²) in [6.45, 7) is 1.95. The van der Waals surface area contributed by atoms with E-state index >= 15 is 0 Å². The number of fused-ring (bicyclic) bond motifs is 1. The third-order valence-electron chi connectivity index (χ3n) is 5.90. The SMILES string of the molecule is CO[C@@H]1c2ccc(C(C)(O)c3ccccn3)cc2C(=O)N1Cc1ccc(Cl)cn1.Clc1ccccc1. The maximum atomic E-state index is 13.1. The number of pyridine rings is 2. The number of aromatic nitrogens is 2. The van der Waals surface area contributed by atoms with Crippen LogP contribution < -0.4 is 0 Å². The predicted molar refractivity (Wildman–Crippen MR) is 140 cm³/mol. The van der Waals surface area contributed by atoms with Crippen LogP contribution in [0.4, 0.5) is 0 Å². The number of benzene rings is 2. The molecule has 6 nitrogen and oxygen atoms in total. The first-order valence-electron chi connectivity index (χ1n) is 11.2. The Morgan fingerprint density at radius 2 is 1.72 bits per heavy atom. The molecule has 2 atom stereocenters. The molecule has 0 fully saturated rings. The minimum atomic E-state index is -1.33. The first-order chi connectivity index (χ1) is 17.3. The van der Waals surface area contributed by atoms with Crippen LogP contribution in [0.5, 0.6) is 0 Å². The van der Waals surface area contributed by atoms with Gasteiger partial charge in [0.1, 0.15) is 5.60 Å². The average molecular weight is 522 g/mol. The number of carbonyl (C=O) groups excluding carboxylic acids is 1. The Kier molecular flexibility index (Phi) is 8.01. The van der Waals surface area contributed by atoms with Gasteiger partial charge in [-0.1, -0.05) is 59.6 Å². The highest BCUT2D eigenvalue weighted by molar-refractivity contribution is 6.30. The molecule has 0 aliphatic carbocycles. The first-order valence-corrected chi connectivity index (χ1v) is 12.0. The number of amides is 1. The van der Waals surface area contributed by atoms with Crippen molar-refractivity contribution in [1.82, 2.24) is 14.9 Å². The number of rotatable bonds is 5. The minimum absolute atomic E-state index is 0.178. The Bertz CT molecular complexity index is 1320. The molecule has 0 saturated carbocycles. The summed E-state index contributed by atoms with van der Waals surface area (Å²) in [5, 5.41) is 12.4. The number of carbonyl (C=O) groups is 1. The average Bonchev–Trinajstić information content (AvgIpc) is 3.16. The van der Waals surface area contributed by atoms with E-state index in [-0.39, 0.29) is 12.5 Å². The lowest BCUT2D eigenvalue weighted by molar-refractivity contribution is -0.0167. The van der Waals surface area contributed by atoms with E-state index in [2.05, 4.69) is 9.97 Å². The lowest BCUT2D eigenvalue weighted by Crippen LogP contribution is -2.29. The zero-order valence-electron chi connectivity index (χ0n) is 19.8. The van der Waals surface area contributed by atoms with Gasteiger partial charge in [-0.2, -0.15) is 0 Å². The summed E-state index contributed by atoms with van der Waals surface area (Å²) >= 11 is 11.4. The Hall–Kier alpha value is -3.29. The monoisotopic (exact) mass is 521 g/mol. The molecule has 1 aliphatic heterocycles. The largest absolute Gasteiger partial charge is 0.379 e. The Balaban J connectivity index is 0.000000375. The fraction of sp³-hybridized carbons (Fsp3) is 0.179. The molecule has 36 heavy (non-hydrogen) atoms. The molecule has 0 spiro atoms. The summed E-state index contributed by atoms with van der Waals surface area (Å²) in [4.78, 5) is 23.3. The van der Waals surface area contributed by atoms with Crippen molar-refractivity contribution >= 4 is 29.1 Å². The molecule has 1 unspecified atom stereocenters. The molecule has 4 aromatic rings. The van der Waals surface area contributed by atoms with Gasteiger partial charge >= 0.3 is 0 Å². The second kappa shape index (κ2) is 11.2. The molecule has 2 aromatic carbocycles. The van der Waals surface area contributed by atoms with E-state index in [1.807, 2.05) is 42.5 Å². The number of ether oxygens (including phenoxy) is 1. The Morgan fingerprint density at radius 1 is 0.972 bits per heavy atom. The molecule has 5 rings (SSSR count). The van der Waals surface area contributed by atoms with Gasteiger partial charge in [0.25, 0.3) is 5.91 Å². The van der Waals surface area contributed by atoms with Crippen LogP contribution in [0.15, 0.2) is 91.3 Å². The standard InChI is InChI=1S/C22H20ClN3O3.C6H5Cl/c1-22(28,19-5-3-4-10-24-19)14-6-9-17-18(11-14)20(27)26(21(17)29-2)13-16-8-7-15(23)12-25-16;7-6-4-2-1-3-5-6/h3-12,21,28H,13H2,1-2H3;1-5H/t21-,22?;/m1./s1. The fourth-order valence-corrected chi connectivity index (χ4v) is 4.24. The number of hydrogen-bond acceptors (Lipinski definition) is 5. The van der Waals surface area contributed by atoms with E-state index < -0.39 is 11.8 Å². The van der Waals surface area contributed by atoms with E-state index in [0.717, 1.165) is 10.6 Å². The summed E-state index contributed by atoms with van der Waals surface area (Å²) in [6, 6.07) is 23.7. The predicted octanol–water partition coefficient (Wildman–Crippen LogP) is 6.03. The van der Waals surface area contributed by atoms with Gasteiger partial charge < -0.3 is 14.7 Å². The van der Waals surface area contributed by atoms with E-state index in [0.29, 0.717) is 27.5 Å². The van der Waals surface area contributed by atoms with Crippen LogP contribution in [0.25, 0.3) is 0 Å². The van der Waals surface area contributed by atoms with E-state index in [1.165, 1.54) is 0 Å². The summed E-state index contributed by atoms with van der Waals surface area (Å²) in [6.07, 6.45) is 2.66. The van der Waals surface area contributed by atoms with E-state index in [9.17, 15) is 9.90 Å². The van der Waals surface area contributed by atoms with Crippen molar-refractivity contribution in [1.29, 1.82) is 0 Å². The second-order valence-corrected chi connectivity index (χ2v) is 9.25. The number of hydrogen-bond donors (Lipinski definition) is 1. The van der Waals surface area contributed by atoms with E-state index in [4.69, 9.17) is 27.9 Å². The fourth-order valence-electron chi connectivity index (χ4n) is 3.99. The van der Waals surface area contributed by atoms with Gasteiger partial charge in [0.2, 0.25) is 0 Å². The molecule has 1 aliphatic rings. The Morgan fingerprint density at radius 3 is 2.31 bits per heavy atom. The zero-order chi connectivity index (χ0) is 25.7. The van der Waals surface area contributed by atoms with Crippen molar-refractivity contribution in [2.75, 3.05) is 7.11 Å². The quantitative estimate of drug-likeness (QED) is 0.347. The van der Waals surface area contributed by atoms with Crippen LogP contribution >= 0.6 is 23.2 Å². The molecule has 0 radical (unpaired) electrons.